The van der Waals surface area contributed by atoms with Crippen LogP contribution in [0.25, 0.3) is 0 Å². The molecule has 0 radical (unpaired) electrons. The standard InChI is InChI=1S/C15H27N3O3/c1-2-14(18-9-12-20-13-10-18)16-15(19)21-11-5-8-17-6-3-4-7-17/h2-13H2,1H3. The molecule has 21 heavy (non-hydrogen) atoms. The number of amidine groups is 1. The summed E-state index contributed by atoms with van der Waals surface area (Å²) in [5.41, 5.74) is 0. The molecule has 120 valence electrons. The van der Waals surface area contributed by atoms with E-state index in [1.807, 2.05) is 6.92 Å². The molecule has 0 aliphatic carbocycles. The van der Waals surface area contributed by atoms with Gasteiger partial charge in [0.15, 0.2) is 0 Å². The van der Waals surface area contributed by atoms with Crippen molar-refractivity contribution in [3.8, 4) is 0 Å². The molecule has 0 unspecified atom stereocenters. The Morgan fingerprint density at radius 1 is 1.19 bits per heavy atom. The lowest BCUT2D eigenvalue weighted by Gasteiger charge is -2.29. The molecule has 0 N–H and O–H groups in total. The van der Waals surface area contributed by atoms with Gasteiger partial charge in [-0.05, 0) is 32.4 Å². The Bertz CT molecular complexity index is 348. The maximum atomic E-state index is 11.8. The number of amides is 1. The van der Waals surface area contributed by atoms with Crippen molar-refractivity contribution >= 4 is 11.9 Å². The predicted molar refractivity (Wildman–Crippen MR) is 81.8 cm³/mol. The van der Waals surface area contributed by atoms with E-state index in [1.54, 1.807) is 0 Å². The van der Waals surface area contributed by atoms with Gasteiger partial charge in [-0.1, -0.05) is 6.92 Å². The van der Waals surface area contributed by atoms with Crippen LogP contribution in [0.4, 0.5) is 4.79 Å². The second kappa shape index (κ2) is 9.00. The normalized spacial score (nSPS) is 20.8. The molecule has 0 aromatic carbocycles. The number of rotatable bonds is 5. The van der Waals surface area contributed by atoms with Crippen molar-refractivity contribution in [2.75, 3.05) is 52.5 Å². The smallest absolute Gasteiger partial charge is 0.435 e. The number of likely N-dealkylation sites (tertiary alicyclic amines) is 1. The second-order valence-electron chi connectivity index (χ2n) is 5.50. The Morgan fingerprint density at radius 3 is 2.57 bits per heavy atom. The lowest BCUT2D eigenvalue weighted by molar-refractivity contribution is 0.0670. The van der Waals surface area contributed by atoms with E-state index in [2.05, 4.69) is 14.8 Å². The van der Waals surface area contributed by atoms with Crippen LogP contribution in [0.2, 0.25) is 0 Å². The average Bonchev–Trinajstić information content (AvgIpc) is 3.03. The molecule has 0 bridgehead atoms. The Balaban J connectivity index is 1.66. The van der Waals surface area contributed by atoms with Gasteiger partial charge >= 0.3 is 6.09 Å². The van der Waals surface area contributed by atoms with Gasteiger partial charge in [-0.25, -0.2) is 4.79 Å². The highest BCUT2D eigenvalue weighted by Crippen LogP contribution is 2.07. The summed E-state index contributed by atoms with van der Waals surface area (Å²) in [4.78, 5) is 20.4. The number of nitrogens with zero attached hydrogens (tertiary/aromatic N) is 3. The number of carbonyl (C=O) groups excluding carboxylic acids is 1. The van der Waals surface area contributed by atoms with E-state index in [-0.39, 0.29) is 0 Å². The molecule has 2 fully saturated rings. The number of aliphatic imine (C=N–C) groups is 1. The fourth-order valence-corrected chi connectivity index (χ4v) is 2.79. The first-order chi connectivity index (χ1) is 10.3. The quantitative estimate of drug-likeness (QED) is 0.439. The summed E-state index contributed by atoms with van der Waals surface area (Å²) in [5, 5.41) is 0. The zero-order chi connectivity index (χ0) is 14.9. The molecule has 0 spiro atoms. The Kier molecular flexibility index (Phi) is 6.95. The van der Waals surface area contributed by atoms with Gasteiger partial charge in [0.25, 0.3) is 0 Å². The number of carbonyl (C=O) groups is 1. The lowest BCUT2D eigenvalue weighted by Crippen LogP contribution is -2.40. The number of hydrogen-bond acceptors (Lipinski definition) is 4. The summed E-state index contributed by atoms with van der Waals surface area (Å²) in [6.45, 7) is 8.85. The highest BCUT2D eigenvalue weighted by molar-refractivity contribution is 5.91. The molecule has 2 aliphatic heterocycles. The van der Waals surface area contributed by atoms with Crippen molar-refractivity contribution in [2.24, 2.45) is 4.99 Å². The molecule has 6 heteroatoms. The molecule has 0 atom stereocenters. The van der Waals surface area contributed by atoms with Gasteiger partial charge in [-0.2, -0.15) is 4.99 Å². The highest BCUT2D eigenvalue weighted by atomic mass is 16.5. The van der Waals surface area contributed by atoms with Gasteiger partial charge in [0.1, 0.15) is 5.84 Å². The summed E-state index contributed by atoms with van der Waals surface area (Å²) in [5.74, 6) is 0.808. The molecule has 1 amide bonds. The maximum absolute atomic E-state index is 11.8. The first-order valence-electron chi connectivity index (χ1n) is 8.09. The lowest BCUT2D eigenvalue weighted by atomic mass is 10.3. The minimum absolute atomic E-state index is 0.457. The summed E-state index contributed by atoms with van der Waals surface area (Å²) in [6, 6.07) is 0. The molecule has 0 aromatic heterocycles. The van der Waals surface area contributed by atoms with Gasteiger partial charge < -0.3 is 19.3 Å². The fraction of sp³-hybridized carbons (Fsp3) is 0.867. The van der Waals surface area contributed by atoms with Crippen molar-refractivity contribution < 1.29 is 14.3 Å². The van der Waals surface area contributed by atoms with Crippen molar-refractivity contribution in [3.05, 3.63) is 0 Å². The monoisotopic (exact) mass is 297 g/mol. The minimum Gasteiger partial charge on any atom is -0.448 e. The topological polar surface area (TPSA) is 54.4 Å². The van der Waals surface area contributed by atoms with Crippen LogP contribution in [0, 0.1) is 0 Å². The Hall–Kier alpha value is -1.14. The second-order valence-corrected chi connectivity index (χ2v) is 5.50. The number of morpholine rings is 1. The molecule has 2 aliphatic rings. The van der Waals surface area contributed by atoms with Crippen molar-refractivity contribution in [3.63, 3.8) is 0 Å². The van der Waals surface area contributed by atoms with Crippen LogP contribution in [-0.4, -0.2) is 74.3 Å². The van der Waals surface area contributed by atoms with E-state index >= 15 is 0 Å². The van der Waals surface area contributed by atoms with Gasteiger partial charge in [0.05, 0.1) is 19.8 Å². The maximum Gasteiger partial charge on any atom is 0.435 e. The molecular formula is C15H27N3O3. The van der Waals surface area contributed by atoms with Crippen molar-refractivity contribution in [1.82, 2.24) is 9.80 Å². The van der Waals surface area contributed by atoms with E-state index in [9.17, 15) is 4.79 Å². The molecule has 2 heterocycles. The zero-order valence-corrected chi connectivity index (χ0v) is 13.1. The fourth-order valence-electron chi connectivity index (χ4n) is 2.79. The summed E-state index contributed by atoms with van der Waals surface area (Å²) < 4.78 is 10.5. The Morgan fingerprint density at radius 2 is 1.90 bits per heavy atom. The van der Waals surface area contributed by atoms with Gasteiger partial charge in [0.2, 0.25) is 0 Å². The average molecular weight is 297 g/mol. The number of ether oxygens (including phenoxy) is 2. The summed E-state index contributed by atoms with van der Waals surface area (Å²) in [7, 11) is 0. The van der Waals surface area contributed by atoms with Crippen molar-refractivity contribution in [1.29, 1.82) is 0 Å². The number of hydrogen-bond donors (Lipinski definition) is 0. The third-order valence-electron chi connectivity index (χ3n) is 3.96. The van der Waals surface area contributed by atoms with E-state index in [4.69, 9.17) is 9.47 Å². The largest absolute Gasteiger partial charge is 0.448 e. The Labute approximate surface area is 127 Å². The van der Waals surface area contributed by atoms with Crippen LogP contribution in [-0.2, 0) is 9.47 Å². The van der Waals surface area contributed by atoms with E-state index in [1.165, 1.54) is 25.9 Å². The molecule has 0 aromatic rings. The van der Waals surface area contributed by atoms with Crippen LogP contribution in [0.3, 0.4) is 0 Å². The van der Waals surface area contributed by atoms with Crippen LogP contribution >= 0.6 is 0 Å². The zero-order valence-electron chi connectivity index (χ0n) is 13.1. The molecule has 2 rings (SSSR count). The van der Waals surface area contributed by atoms with Crippen LogP contribution in [0.1, 0.15) is 32.6 Å². The van der Waals surface area contributed by atoms with Gasteiger partial charge in [-0.3, -0.25) is 0 Å². The van der Waals surface area contributed by atoms with Gasteiger partial charge in [-0.15, -0.1) is 0 Å². The molecule has 6 nitrogen and oxygen atoms in total. The summed E-state index contributed by atoms with van der Waals surface area (Å²) in [6.07, 6.45) is 3.76. The summed E-state index contributed by atoms with van der Waals surface area (Å²) >= 11 is 0. The first kappa shape index (κ1) is 16.2. The third kappa shape index (κ3) is 5.63. The van der Waals surface area contributed by atoms with Gasteiger partial charge in [0, 0.05) is 26.1 Å². The minimum atomic E-state index is -0.459. The molecular weight excluding hydrogens is 270 g/mol. The highest BCUT2D eigenvalue weighted by Gasteiger charge is 2.15. The van der Waals surface area contributed by atoms with Crippen molar-refractivity contribution in [2.45, 2.75) is 32.6 Å². The first-order valence-corrected chi connectivity index (χ1v) is 8.09. The van der Waals surface area contributed by atoms with E-state index < -0.39 is 6.09 Å². The molecule has 2 saturated heterocycles. The third-order valence-corrected chi connectivity index (χ3v) is 3.96. The van der Waals surface area contributed by atoms with E-state index in [0.717, 1.165) is 38.3 Å². The SMILES string of the molecule is CCC(=NC(=O)OCCCN1CCCC1)N1CCOCC1. The van der Waals surface area contributed by atoms with Crippen LogP contribution in [0.15, 0.2) is 4.99 Å². The predicted octanol–water partition coefficient (Wildman–Crippen LogP) is 1.75. The van der Waals surface area contributed by atoms with Crippen LogP contribution < -0.4 is 0 Å². The van der Waals surface area contributed by atoms with E-state index in [0.29, 0.717) is 19.8 Å². The van der Waals surface area contributed by atoms with Crippen LogP contribution in [0.5, 0.6) is 0 Å². The molecule has 0 saturated carbocycles.